The molecule has 7 nitrogen and oxygen atoms in total. The minimum atomic E-state index is -1.07. The number of carbonyl (C=O) groups is 2. The molecule has 2 aliphatic carbocycles. The maximum absolute atomic E-state index is 13.6. The third kappa shape index (κ3) is 5.59. The van der Waals surface area contributed by atoms with Crippen molar-refractivity contribution in [1.29, 1.82) is 0 Å². The largest absolute Gasteiger partial charge is 0.493 e. The van der Waals surface area contributed by atoms with Crippen LogP contribution in [0.3, 0.4) is 0 Å². The van der Waals surface area contributed by atoms with Crippen LogP contribution in [0.2, 0.25) is 0 Å². The first-order chi connectivity index (χ1) is 16.5. The topological polar surface area (TPSA) is 88.4 Å². The quantitative estimate of drug-likeness (QED) is 0.513. The van der Waals surface area contributed by atoms with E-state index in [4.69, 9.17) is 14.5 Å². The van der Waals surface area contributed by atoms with Gasteiger partial charge in [0.2, 0.25) is 0 Å². The van der Waals surface area contributed by atoms with Crippen molar-refractivity contribution in [3.05, 3.63) is 28.7 Å². The zero-order valence-corrected chi connectivity index (χ0v) is 20.8. The number of hydrogen-bond acceptors (Lipinski definition) is 6. The van der Waals surface area contributed by atoms with Crippen LogP contribution in [0.15, 0.2) is 28.1 Å². The van der Waals surface area contributed by atoms with Crippen LogP contribution >= 0.6 is 11.8 Å². The van der Waals surface area contributed by atoms with E-state index in [-0.39, 0.29) is 18.0 Å². The molecule has 3 aliphatic rings. The zero-order valence-electron chi connectivity index (χ0n) is 20.0. The highest BCUT2D eigenvalue weighted by molar-refractivity contribution is 8.18. The van der Waals surface area contributed by atoms with Gasteiger partial charge in [-0.05, 0) is 56.5 Å². The predicted octanol–water partition coefficient (Wildman–Crippen LogP) is 5.48. The van der Waals surface area contributed by atoms with Crippen LogP contribution in [-0.4, -0.2) is 52.3 Å². The summed E-state index contributed by atoms with van der Waals surface area (Å²) >= 11 is 1.43. The highest BCUT2D eigenvalue weighted by Crippen LogP contribution is 2.41. The summed E-state index contributed by atoms with van der Waals surface area (Å²) in [5.41, 5.74) is 0.616. The Labute approximate surface area is 205 Å². The lowest BCUT2D eigenvalue weighted by Gasteiger charge is -2.31. The van der Waals surface area contributed by atoms with Crippen LogP contribution in [0.25, 0.3) is 6.08 Å². The van der Waals surface area contributed by atoms with Crippen LogP contribution in [0.4, 0.5) is 0 Å². The molecule has 3 fully saturated rings. The fraction of sp³-hybridized carbons (Fsp3) is 0.577. The van der Waals surface area contributed by atoms with Gasteiger partial charge in [0.05, 0.1) is 18.1 Å². The molecule has 34 heavy (non-hydrogen) atoms. The average Bonchev–Trinajstić information content (AvgIpc) is 3.15. The predicted molar refractivity (Wildman–Crippen MR) is 134 cm³/mol. The molecule has 1 heterocycles. The molecule has 4 rings (SSSR count). The van der Waals surface area contributed by atoms with Crippen molar-refractivity contribution in [3.63, 3.8) is 0 Å². The number of hydrogen-bond donors (Lipinski definition) is 1. The minimum Gasteiger partial charge on any atom is -0.493 e. The third-order valence-corrected chi connectivity index (χ3v) is 7.80. The summed E-state index contributed by atoms with van der Waals surface area (Å²) in [5.74, 6) is -0.339. The van der Waals surface area contributed by atoms with Gasteiger partial charge in [-0.2, -0.15) is 0 Å². The van der Waals surface area contributed by atoms with Crippen molar-refractivity contribution in [2.24, 2.45) is 4.99 Å². The first-order valence-electron chi connectivity index (χ1n) is 12.3. The second kappa shape index (κ2) is 11.3. The van der Waals surface area contributed by atoms with Gasteiger partial charge in [0.15, 0.2) is 22.8 Å². The summed E-state index contributed by atoms with van der Waals surface area (Å²) in [6.07, 6.45) is 12.0. The molecule has 1 aliphatic heterocycles. The van der Waals surface area contributed by atoms with E-state index in [1.165, 1.54) is 51.5 Å². The number of thioether (sulfide) groups is 1. The fourth-order valence-corrected chi connectivity index (χ4v) is 6.01. The fourth-order valence-electron chi connectivity index (χ4n) is 4.91. The van der Waals surface area contributed by atoms with E-state index in [0.29, 0.717) is 22.0 Å². The summed E-state index contributed by atoms with van der Waals surface area (Å²) in [7, 11) is 1.51. The minimum absolute atomic E-state index is 0.0217. The van der Waals surface area contributed by atoms with Gasteiger partial charge < -0.3 is 14.6 Å². The summed E-state index contributed by atoms with van der Waals surface area (Å²) in [6.45, 7) is 1.47. The van der Waals surface area contributed by atoms with Crippen molar-refractivity contribution in [1.82, 2.24) is 4.90 Å². The Morgan fingerprint density at radius 3 is 2.47 bits per heavy atom. The van der Waals surface area contributed by atoms with Crippen LogP contribution < -0.4 is 9.47 Å². The highest BCUT2D eigenvalue weighted by Gasteiger charge is 2.39. The molecule has 184 valence electrons. The van der Waals surface area contributed by atoms with Gasteiger partial charge >= 0.3 is 5.97 Å². The number of aliphatic imine (C=N–C) groups is 1. The monoisotopic (exact) mass is 486 g/mol. The molecule has 2 saturated carbocycles. The average molecular weight is 487 g/mol. The molecule has 8 heteroatoms. The molecule has 1 aromatic rings. The van der Waals surface area contributed by atoms with Crippen molar-refractivity contribution in [3.8, 4) is 11.5 Å². The lowest BCUT2D eigenvalue weighted by atomic mass is 9.94. The third-order valence-electron chi connectivity index (χ3n) is 6.80. The Kier molecular flexibility index (Phi) is 8.19. The van der Waals surface area contributed by atoms with E-state index in [2.05, 4.69) is 0 Å². The first-order valence-corrected chi connectivity index (χ1v) is 13.2. The van der Waals surface area contributed by atoms with Gasteiger partial charge in [0.25, 0.3) is 5.91 Å². The molecule has 0 bridgehead atoms. The van der Waals surface area contributed by atoms with E-state index in [0.717, 1.165) is 43.7 Å². The van der Waals surface area contributed by atoms with Crippen LogP contribution in [0.1, 0.15) is 76.7 Å². The van der Waals surface area contributed by atoms with Gasteiger partial charge in [-0.1, -0.05) is 50.7 Å². The molecule has 0 aromatic heterocycles. The van der Waals surface area contributed by atoms with Crippen molar-refractivity contribution in [2.75, 3.05) is 7.11 Å². The lowest BCUT2D eigenvalue weighted by molar-refractivity contribution is -0.144. The smallest absolute Gasteiger partial charge is 0.344 e. The number of carbonyl (C=O) groups excluding carboxylic acids is 1. The molecular weight excluding hydrogens is 452 g/mol. The van der Waals surface area contributed by atoms with E-state index in [1.807, 2.05) is 17.0 Å². The van der Waals surface area contributed by atoms with Gasteiger partial charge in [-0.25, -0.2) is 4.79 Å². The summed E-state index contributed by atoms with van der Waals surface area (Å²) in [6, 6.07) is 5.81. The Morgan fingerprint density at radius 2 is 1.82 bits per heavy atom. The molecule has 1 atom stereocenters. The number of para-hydroxylation sites is 1. The molecule has 1 amide bonds. The second-order valence-corrected chi connectivity index (χ2v) is 10.3. The van der Waals surface area contributed by atoms with Crippen LogP contribution in [0.5, 0.6) is 11.5 Å². The molecular formula is C26H34N2O5S. The number of carboxylic acids is 1. The van der Waals surface area contributed by atoms with Crippen molar-refractivity contribution < 1.29 is 24.2 Å². The number of amidine groups is 1. The lowest BCUT2D eigenvalue weighted by Crippen LogP contribution is -2.41. The number of benzene rings is 1. The zero-order chi connectivity index (χ0) is 24.1. The van der Waals surface area contributed by atoms with Gasteiger partial charge in [0, 0.05) is 11.6 Å². The Balaban J connectivity index is 1.68. The summed E-state index contributed by atoms with van der Waals surface area (Å²) in [4.78, 5) is 32.6. The molecule has 0 spiro atoms. The molecule has 1 N–H and O–H groups in total. The standard InChI is InChI=1S/C26H34N2O5S/c1-17(25(30)31)33-23-18(10-9-15-21(23)32-2)16-22-24(29)28(20-13-7-4-8-14-20)26(34-22)27-19-11-5-3-6-12-19/h9-10,15-17,19-20H,3-8,11-14H2,1-2H3,(H,30,31)/b22-16-,27-26?/t17-/m1/s1. The molecule has 0 unspecified atom stereocenters. The first kappa shape index (κ1) is 24.6. The van der Waals surface area contributed by atoms with Gasteiger partial charge in [0.1, 0.15) is 0 Å². The van der Waals surface area contributed by atoms with Gasteiger partial charge in [-0.3, -0.25) is 14.7 Å². The van der Waals surface area contributed by atoms with E-state index in [1.54, 1.807) is 12.1 Å². The number of rotatable bonds is 7. The maximum atomic E-state index is 13.6. The number of methoxy groups -OCH3 is 1. The van der Waals surface area contributed by atoms with Crippen molar-refractivity contribution >= 4 is 34.9 Å². The van der Waals surface area contributed by atoms with E-state index < -0.39 is 12.1 Å². The number of aliphatic carboxylic acids is 1. The normalized spacial score (nSPS) is 23.5. The number of ether oxygens (including phenoxy) is 2. The molecule has 0 radical (unpaired) electrons. The Bertz CT molecular complexity index is 964. The number of carboxylic acid groups (broad SMARTS) is 1. The van der Waals surface area contributed by atoms with E-state index >= 15 is 0 Å². The highest BCUT2D eigenvalue weighted by atomic mass is 32.2. The van der Waals surface area contributed by atoms with Gasteiger partial charge in [-0.15, -0.1) is 0 Å². The Hall–Kier alpha value is -2.48. The van der Waals surface area contributed by atoms with Crippen LogP contribution in [-0.2, 0) is 9.59 Å². The number of amides is 1. The molecule has 1 saturated heterocycles. The van der Waals surface area contributed by atoms with Crippen LogP contribution in [0, 0.1) is 0 Å². The Morgan fingerprint density at radius 1 is 1.15 bits per heavy atom. The molecule has 1 aromatic carbocycles. The maximum Gasteiger partial charge on any atom is 0.344 e. The second-order valence-electron chi connectivity index (χ2n) is 9.26. The van der Waals surface area contributed by atoms with Crippen molar-refractivity contribution in [2.45, 2.75) is 89.3 Å². The number of nitrogens with zero attached hydrogens (tertiary/aromatic N) is 2. The van der Waals surface area contributed by atoms with E-state index in [9.17, 15) is 14.7 Å². The SMILES string of the molecule is COc1cccc(/C=C2\SC(=NC3CCCCC3)N(C3CCCCC3)C2=O)c1O[C@H](C)C(=O)O. The summed E-state index contributed by atoms with van der Waals surface area (Å²) < 4.78 is 11.2. The summed E-state index contributed by atoms with van der Waals surface area (Å²) in [5, 5.41) is 10.2.